The number of nitrogens with one attached hydrogen (secondary N) is 1. The van der Waals surface area contributed by atoms with Gasteiger partial charge in [-0.2, -0.15) is 0 Å². The average molecular weight is 1380 g/mol. The van der Waals surface area contributed by atoms with E-state index in [0.717, 1.165) is 44.9 Å². The highest BCUT2D eigenvalue weighted by molar-refractivity contribution is 5.76. The van der Waals surface area contributed by atoms with Gasteiger partial charge in [0.1, 0.15) is 48.8 Å². The van der Waals surface area contributed by atoms with Gasteiger partial charge in [0.15, 0.2) is 12.6 Å². The molecule has 2 heterocycles. The van der Waals surface area contributed by atoms with E-state index in [1.807, 2.05) is 6.08 Å². The van der Waals surface area contributed by atoms with E-state index in [2.05, 4.69) is 43.5 Å². The molecule has 572 valence electrons. The Balaban J connectivity index is 1.55. The second-order valence-electron chi connectivity index (χ2n) is 29.6. The second kappa shape index (κ2) is 67.4. The monoisotopic (exact) mass is 1380 g/mol. The summed E-state index contributed by atoms with van der Waals surface area (Å²) in [6.07, 6.45) is 72.5. The first kappa shape index (κ1) is 91.3. The highest BCUT2D eigenvalue weighted by Gasteiger charge is 2.51. The number of aliphatic hydroxyl groups is 8. The van der Waals surface area contributed by atoms with E-state index in [1.165, 1.54) is 321 Å². The van der Waals surface area contributed by atoms with Crippen LogP contribution < -0.4 is 5.32 Å². The second-order valence-corrected chi connectivity index (χ2v) is 29.6. The highest BCUT2D eigenvalue weighted by atomic mass is 16.7. The summed E-state index contributed by atoms with van der Waals surface area (Å²) < 4.78 is 22.9. The van der Waals surface area contributed by atoms with Gasteiger partial charge in [-0.05, 0) is 51.4 Å². The van der Waals surface area contributed by atoms with Crippen LogP contribution in [0.2, 0.25) is 0 Å². The Kier molecular flexibility index (Phi) is 63.4. The molecule has 1 amide bonds. The van der Waals surface area contributed by atoms with Crippen molar-refractivity contribution in [1.29, 1.82) is 0 Å². The zero-order valence-corrected chi connectivity index (χ0v) is 62.9. The largest absolute Gasteiger partial charge is 0.394 e. The van der Waals surface area contributed by atoms with Gasteiger partial charge in [-0.1, -0.05) is 371 Å². The van der Waals surface area contributed by atoms with E-state index in [-0.39, 0.29) is 18.9 Å². The van der Waals surface area contributed by atoms with Crippen LogP contribution in [0, 0.1) is 0 Å². The molecule has 2 rings (SSSR count). The molecule has 0 aromatic carbocycles. The van der Waals surface area contributed by atoms with Crippen LogP contribution in [0.1, 0.15) is 393 Å². The van der Waals surface area contributed by atoms with Gasteiger partial charge >= 0.3 is 0 Å². The van der Waals surface area contributed by atoms with Gasteiger partial charge in [0.05, 0.1) is 32.0 Å². The van der Waals surface area contributed by atoms with Crippen molar-refractivity contribution < 1.29 is 64.6 Å². The number of ether oxygens (including phenoxy) is 4. The molecule has 2 saturated heterocycles. The summed E-state index contributed by atoms with van der Waals surface area (Å²) in [6.45, 7) is 2.85. The lowest BCUT2D eigenvalue weighted by Crippen LogP contribution is -2.65. The van der Waals surface area contributed by atoms with Gasteiger partial charge in [0.2, 0.25) is 5.91 Å². The molecule has 97 heavy (non-hydrogen) atoms. The Morgan fingerprint density at radius 3 is 1.03 bits per heavy atom. The first-order valence-corrected chi connectivity index (χ1v) is 41.7. The molecule has 0 aromatic heterocycles. The van der Waals surface area contributed by atoms with Gasteiger partial charge in [-0.15, -0.1) is 0 Å². The fraction of sp³-hybridized carbons (Fsp3) is 0.916. The molecule has 0 radical (unpaired) electrons. The highest BCUT2D eigenvalue weighted by Crippen LogP contribution is 2.30. The third-order valence-corrected chi connectivity index (χ3v) is 20.6. The molecule has 2 fully saturated rings. The Labute approximate surface area is 595 Å². The summed E-state index contributed by atoms with van der Waals surface area (Å²) in [4.78, 5) is 13.4. The predicted molar refractivity (Wildman–Crippen MR) is 401 cm³/mol. The molecule has 12 unspecified atom stereocenters. The van der Waals surface area contributed by atoms with Crippen molar-refractivity contribution in [2.45, 2.75) is 466 Å². The summed E-state index contributed by atoms with van der Waals surface area (Å²) in [5.74, 6) is -0.230. The van der Waals surface area contributed by atoms with E-state index in [1.54, 1.807) is 6.08 Å². The quantitative estimate of drug-likeness (QED) is 0.0204. The number of allylic oxidation sites excluding steroid dienone is 5. The van der Waals surface area contributed by atoms with Crippen LogP contribution in [-0.2, 0) is 23.7 Å². The van der Waals surface area contributed by atoms with Crippen LogP contribution in [0.5, 0.6) is 0 Å². The first-order valence-electron chi connectivity index (χ1n) is 41.7. The maximum Gasteiger partial charge on any atom is 0.220 e. The predicted octanol–water partition coefficient (Wildman–Crippen LogP) is 19.2. The molecule has 0 bridgehead atoms. The van der Waals surface area contributed by atoms with Gasteiger partial charge in [-0.3, -0.25) is 4.79 Å². The summed E-state index contributed by atoms with van der Waals surface area (Å²) in [7, 11) is 0. The molecule has 2 aliphatic heterocycles. The zero-order valence-electron chi connectivity index (χ0n) is 62.9. The van der Waals surface area contributed by atoms with Gasteiger partial charge in [0.25, 0.3) is 0 Å². The average Bonchev–Trinajstić information content (AvgIpc) is 0.794. The maximum absolute atomic E-state index is 13.4. The molecule has 0 spiro atoms. The SMILES string of the molecule is CCCCCCC/C=C\C/C=C\CCCCCCCCCCCCCCCCCCCCCCCCCCCCCCCC(=O)NC(COC1OC(CO)C(OC2OC(CO)C(O)C(O)C2O)C(O)C1O)C(O)/C=C/CCCCCCCCCCCCCCCCCCCCCC. The lowest BCUT2D eigenvalue weighted by atomic mass is 9.97. The first-order chi connectivity index (χ1) is 47.6. The van der Waals surface area contributed by atoms with E-state index in [4.69, 9.17) is 18.9 Å². The molecule has 0 aliphatic carbocycles. The number of unbranched alkanes of at least 4 members (excludes halogenated alkanes) is 54. The molecule has 2 aliphatic rings. The molecule has 14 nitrogen and oxygen atoms in total. The molecule has 0 aromatic rings. The van der Waals surface area contributed by atoms with E-state index in [0.29, 0.717) is 6.42 Å². The lowest BCUT2D eigenvalue weighted by molar-refractivity contribution is -0.359. The molecular formula is C83H157NO13. The molecule has 12 atom stereocenters. The third-order valence-electron chi connectivity index (χ3n) is 20.6. The fourth-order valence-corrected chi connectivity index (χ4v) is 14.0. The van der Waals surface area contributed by atoms with Crippen LogP contribution in [0.15, 0.2) is 36.5 Å². The van der Waals surface area contributed by atoms with Gasteiger partial charge in [0, 0.05) is 6.42 Å². The summed E-state index contributed by atoms with van der Waals surface area (Å²) in [5, 5.41) is 87.7. The third kappa shape index (κ3) is 50.3. The van der Waals surface area contributed by atoms with Gasteiger partial charge < -0.3 is 65.1 Å². The van der Waals surface area contributed by atoms with Crippen molar-refractivity contribution in [2.75, 3.05) is 19.8 Å². The minimum Gasteiger partial charge on any atom is -0.394 e. The van der Waals surface area contributed by atoms with Crippen molar-refractivity contribution in [2.24, 2.45) is 0 Å². The number of rotatable bonds is 71. The summed E-state index contributed by atoms with van der Waals surface area (Å²) in [5.41, 5.74) is 0. The van der Waals surface area contributed by atoms with Crippen LogP contribution in [0.3, 0.4) is 0 Å². The molecular weight excluding hydrogens is 1220 g/mol. The lowest BCUT2D eigenvalue weighted by Gasteiger charge is -2.46. The van der Waals surface area contributed by atoms with Crippen LogP contribution in [-0.4, -0.2) is 140 Å². The number of aliphatic hydroxyl groups excluding tert-OH is 8. The smallest absolute Gasteiger partial charge is 0.220 e. The van der Waals surface area contributed by atoms with Crippen molar-refractivity contribution in [3.8, 4) is 0 Å². The van der Waals surface area contributed by atoms with Crippen molar-refractivity contribution >= 4 is 5.91 Å². The summed E-state index contributed by atoms with van der Waals surface area (Å²) in [6, 6.07) is -0.914. The van der Waals surface area contributed by atoms with Crippen LogP contribution in [0.25, 0.3) is 0 Å². The Hall–Kier alpha value is -1.79. The topological polar surface area (TPSA) is 228 Å². The number of amides is 1. The van der Waals surface area contributed by atoms with Gasteiger partial charge in [-0.25, -0.2) is 0 Å². The standard InChI is InChI=1S/C83H157NO13/c1-3-5-7-9-11-13-15-17-19-21-23-25-27-28-29-30-31-32-33-34-35-36-37-38-39-40-41-42-43-44-45-47-49-51-53-55-57-59-61-63-65-67-75(88)84-71(70-94-82-80(93)78(91)81(74(69-86)96-82)97-83-79(92)77(90)76(89)73(68-85)95-83)72(87)66-64-62-60-58-56-54-52-50-48-46-26-24-22-20-18-16-14-12-10-8-6-4-2/h15,17,21,23,64,66,71-74,76-83,85-87,89-93H,3-14,16,18-20,22,24-63,65,67-70H2,1-2H3,(H,84,88)/b17-15-,23-21-,66-64+. The number of hydrogen-bond donors (Lipinski definition) is 9. The summed E-state index contributed by atoms with van der Waals surface area (Å²) >= 11 is 0. The normalized spacial score (nSPS) is 22.2. The van der Waals surface area contributed by atoms with E-state index in [9.17, 15) is 45.6 Å². The van der Waals surface area contributed by atoms with Crippen molar-refractivity contribution in [3.05, 3.63) is 36.5 Å². The molecule has 0 saturated carbocycles. The number of carbonyl (C=O) groups excluding carboxylic acids is 1. The van der Waals surface area contributed by atoms with Crippen LogP contribution in [0.4, 0.5) is 0 Å². The minimum atomic E-state index is -1.79. The number of hydrogen-bond acceptors (Lipinski definition) is 13. The maximum atomic E-state index is 13.4. The number of carbonyl (C=O) groups is 1. The fourth-order valence-electron chi connectivity index (χ4n) is 14.0. The minimum absolute atomic E-state index is 0.230. The molecule has 14 heteroatoms. The van der Waals surface area contributed by atoms with E-state index < -0.39 is 86.8 Å². The zero-order chi connectivity index (χ0) is 70.1. The van der Waals surface area contributed by atoms with E-state index >= 15 is 0 Å². The van der Waals surface area contributed by atoms with Crippen molar-refractivity contribution in [1.82, 2.24) is 5.32 Å². The Bertz CT molecular complexity index is 1770. The Morgan fingerprint density at radius 2 is 0.680 bits per heavy atom. The molecule has 9 N–H and O–H groups in total. The van der Waals surface area contributed by atoms with Crippen LogP contribution >= 0.6 is 0 Å². The van der Waals surface area contributed by atoms with Crippen molar-refractivity contribution in [3.63, 3.8) is 0 Å². The Morgan fingerprint density at radius 1 is 0.371 bits per heavy atom.